The number of Topliss-reactive ketones (excluding diaryl/α,β-unsaturated/α-hetero) is 1. The second kappa shape index (κ2) is 3.98. The number of carbonyl (C=O) groups is 1. The van der Waals surface area contributed by atoms with Gasteiger partial charge in [0.1, 0.15) is 5.40 Å². The maximum Gasteiger partial charge on any atom is 0.168 e. The van der Waals surface area contributed by atoms with E-state index < -0.39 is 0 Å². The number of thiocyanates is 1. The van der Waals surface area contributed by atoms with E-state index in [2.05, 4.69) is 0 Å². The highest BCUT2D eigenvalue weighted by Gasteiger charge is 2.00. The van der Waals surface area contributed by atoms with E-state index in [0.29, 0.717) is 0 Å². The summed E-state index contributed by atoms with van der Waals surface area (Å²) in [5, 5.41) is 9.83. The van der Waals surface area contributed by atoms with Gasteiger partial charge in [-0.25, -0.2) is 0 Å². The third kappa shape index (κ3) is 2.77. The minimum Gasteiger partial charge on any atom is -0.404 e. The highest BCUT2D eigenvalue weighted by atomic mass is 32.2. The van der Waals surface area contributed by atoms with Crippen molar-refractivity contribution in [3.05, 3.63) is 11.1 Å². The summed E-state index contributed by atoms with van der Waals surface area (Å²) in [5.74, 6) is -0.177. The number of allylic oxidation sites excluding steroid dienone is 1. The summed E-state index contributed by atoms with van der Waals surface area (Å²) < 4.78 is 0. The van der Waals surface area contributed by atoms with Gasteiger partial charge in [-0.2, -0.15) is 5.26 Å². The normalized spacial score (nSPS) is 10.4. The van der Waals surface area contributed by atoms with Crippen molar-refractivity contribution in [2.75, 3.05) is 0 Å². The van der Waals surface area contributed by atoms with Crippen molar-refractivity contribution in [2.24, 2.45) is 5.73 Å². The molecule has 0 aliphatic heterocycles. The fourth-order valence-electron chi connectivity index (χ4n) is 0.272. The Morgan fingerprint density at radius 2 is 2.44 bits per heavy atom. The van der Waals surface area contributed by atoms with Gasteiger partial charge in [0.25, 0.3) is 0 Å². The van der Waals surface area contributed by atoms with Gasteiger partial charge in [0, 0.05) is 6.20 Å². The second-order valence-electron chi connectivity index (χ2n) is 1.28. The average Bonchev–Trinajstić information content (AvgIpc) is 1.82. The molecule has 0 atom stereocenters. The summed E-state index contributed by atoms with van der Waals surface area (Å²) in [6, 6.07) is 0. The van der Waals surface area contributed by atoms with Crippen LogP contribution in [-0.4, -0.2) is 5.78 Å². The lowest BCUT2D eigenvalue weighted by Gasteiger charge is -1.89. The van der Waals surface area contributed by atoms with E-state index >= 15 is 0 Å². The maximum absolute atomic E-state index is 10.4. The highest BCUT2D eigenvalue weighted by Crippen LogP contribution is 2.12. The van der Waals surface area contributed by atoms with Crippen LogP contribution in [0.25, 0.3) is 0 Å². The lowest BCUT2D eigenvalue weighted by Crippen LogP contribution is -1.94. The van der Waals surface area contributed by atoms with Gasteiger partial charge in [-0.15, -0.1) is 0 Å². The standard InChI is InChI=1S/C5H6N2OS/c1-4(8)5(2-6)9-3-7/h2H,6H2,1H3/b5-2+. The summed E-state index contributed by atoms with van der Waals surface area (Å²) in [4.78, 5) is 10.7. The van der Waals surface area contributed by atoms with Gasteiger partial charge in [0.2, 0.25) is 0 Å². The Labute approximate surface area is 57.5 Å². The number of rotatable bonds is 2. The van der Waals surface area contributed by atoms with Gasteiger partial charge in [0.15, 0.2) is 5.78 Å². The molecule has 0 rings (SSSR count). The van der Waals surface area contributed by atoms with Crippen LogP contribution in [0.3, 0.4) is 0 Å². The summed E-state index contributed by atoms with van der Waals surface area (Å²) in [5.41, 5.74) is 5.00. The smallest absolute Gasteiger partial charge is 0.168 e. The quantitative estimate of drug-likeness (QED) is 0.452. The van der Waals surface area contributed by atoms with E-state index in [1.807, 2.05) is 0 Å². The molecular weight excluding hydrogens is 136 g/mol. The molecule has 0 aromatic rings. The lowest BCUT2D eigenvalue weighted by atomic mass is 10.4. The molecular formula is C5H6N2OS. The number of hydrogen-bond acceptors (Lipinski definition) is 4. The van der Waals surface area contributed by atoms with Crippen molar-refractivity contribution < 1.29 is 4.79 Å². The Hall–Kier alpha value is -0.950. The molecule has 0 saturated heterocycles. The third-order valence-electron chi connectivity index (χ3n) is 0.654. The van der Waals surface area contributed by atoms with Crippen LogP contribution in [-0.2, 0) is 4.79 Å². The fraction of sp³-hybridized carbons (Fsp3) is 0.200. The number of hydrogen-bond donors (Lipinski definition) is 1. The molecule has 0 aromatic carbocycles. The first-order chi connectivity index (χ1) is 4.22. The van der Waals surface area contributed by atoms with E-state index in [9.17, 15) is 4.79 Å². The second-order valence-corrected chi connectivity index (χ2v) is 2.11. The molecule has 0 bridgehead atoms. The Bertz CT molecular complexity index is 180. The predicted octanol–water partition coefficient (Wildman–Crippen LogP) is 0.590. The molecule has 0 spiro atoms. The van der Waals surface area contributed by atoms with Crippen LogP contribution in [0.15, 0.2) is 11.1 Å². The van der Waals surface area contributed by atoms with Crippen LogP contribution in [0.1, 0.15) is 6.92 Å². The Morgan fingerprint density at radius 1 is 1.89 bits per heavy atom. The van der Waals surface area contributed by atoms with Crippen molar-refractivity contribution >= 4 is 17.5 Å². The van der Waals surface area contributed by atoms with Crippen molar-refractivity contribution in [3.8, 4) is 5.40 Å². The minimum atomic E-state index is -0.177. The maximum atomic E-state index is 10.4. The van der Waals surface area contributed by atoms with Crippen molar-refractivity contribution in [1.29, 1.82) is 5.26 Å². The van der Waals surface area contributed by atoms with Gasteiger partial charge < -0.3 is 5.73 Å². The summed E-state index contributed by atoms with van der Waals surface area (Å²) in [7, 11) is 0. The number of nitrogens with two attached hydrogens (primary N) is 1. The van der Waals surface area contributed by atoms with Crippen molar-refractivity contribution in [2.45, 2.75) is 6.92 Å². The molecule has 3 nitrogen and oxygen atoms in total. The van der Waals surface area contributed by atoms with E-state index in [1.54, 1.807) is 5.40 Å². The molecule has 0 aromatic heterocycles. The fourth-order valence-corrected chi connectivity index (χ4v) is 0.583. The van der Waals surface area contributed by atoms with Gasteiger partial charge in [-0.1, -0.05) is 0 Å². The number of thioether (sulfide) groups is 1. The van der Waals surface area contributed by atoms with E-state index in [1.165, 1.54) is 6.92 Å². The largest absolute Gasteiger partial charge is 0.404 e. The molecule has 48 valence electrons. The number of nitriles is 1. The number of nitrogens with zero attached hydrogens (tertiary/aromatic N) is 1. The molecule has 9 heavy (non-hydrogen) atoms. The average molecular weight is 142 g/mol. The zero-order valence-corrected chi connectivity index (χ0v) is 5.73. The lowest BCUT2D eigenvalue weighted by molar-refractivity contribution is -0.112. The van der Waals surface area contributed by atoms with Gasteiger partial charge >= 0.3 is 0 Å². The number of ketones is 1. The topological polar surface area (TPSA) is 66.9 Å². The van der Waals surface area contributed by atoms with Crippen LogP contribution in [0.4, 0.5) is 0 Å². The van der Waals surface area contributed by atoms with Gasteiger partial charge in [-0.3, -0.25) is 4.79 Å². The number of carbonyl (C=O) groups excluding carboxylic acids is 1. The molecule has 2 N–H and O–H groups in total. The Balaban J connectivity index is 4.06. The highest BCUT2D eigenvalue weighted by molar-refractivity contribution is 8.08. The summed E-state index contributed by atoms with van der Waals surface area (Å²) in [6.07, 6.45) is 1.14. The zero-order valence-electron chi connectivity index (χ0n) is 4.92. The molecule has 0 aliphatic rings. The molecule has 0 amide bonds. The van der Waals surface area contributed by atoms with E-state index in [0.717, 1.165) is 18.0 Å². The van der Waals surface area contributed by atoms with Crippen molar-refractivity contribution in [3.63, 3.8) is 0 Å². The Morgan fingerprint density at radius 3 is 2.56 bits per heavy atom. The molecule has 0 heterocycles. The van der Waals surface area contributed by atoms with Crippen LogP contribution >= 0.6 is 11.8 Å². The van der Waals surface area contributed by atoms with E-state index in [4.69, 9.17) is 11.0 Å². The van der Waals surface area contributed by atoms with Gasteiger partial charge in [0.05, 0.1) is 4.91 Å². The first kappa shape index (κ1) is 8.05. The van der Waals surface area contributed by atoms with Crippen LogP contribution < -0.4 is 5.73 Å². The molecule has 0 radical (unpaired) electrons. The first-order valence-corrected chi connectivity index (χ1v) is 3.02. The monoisotopic (exact) mass is 142 g/mol. The summed E-state index contributed by atoms with van der Waals surface area (Å²) in [6.45, 7) is 1.36. The van der Waals surface area contributed by atoms with Crippen LogP contribution in [0.2, 0.25) is 0 Å². The summed E-state index contributed by atoms with van der Waals surface area (Å²) >= 11 is 0.777. The molecule has 0 saturated carbocycles. The third-order valence-corrected chi connectivity index (χ3v) is 1.39. The van der Waals surface area contributed by atoms with Crippen molar-refractivity contribution in [1.82, 2.24) is 0 Å². The van der Waals surface area contributed by atoms with Crippen LogP contribution in [0.5, 0.6) is 0 Å². The van der Waals surface area contributed by atoms with Gasteiger partial charge in [-0.05, 0) is 18.7 Å². The minimum absolute atomic E-state index is 0.177. The first-order valence-electron chi connectivity index (χ1n) is 2.21. The molecule has 0 fully saturated rings. The molecule has 4 heteroatoms. The Kier molecular flexibility index (Phi) is 3.56. The zero-order chi connectivity index (χ0) is 7.28. The molecule has 0 aliphatic carbocycles. The molecule has 0 unspecified atom stereocenters. The van der Waals surface area contributed by atoms with E-state index in [-0.39, 0.29) is 10.7 Å². The SMILES string of the molecule is CC(=O)/C(=C\N)SC#N. The predicted molar refractivity (Wildman–Crippen MR) is 36.2 cm³/mol. The van der Waals surface area contributed by atoms with Crippen LogP contribution in [0, 0.1) is 10.7 Å².